The minimum atomic E-state index is 0.237. The van der Waals surface area contributed by atoms with Crippen LogP contribution in [0.1, 0.15) is 42.4 Å². The van der Waals surface area contributed by atoms with Crippen molar-refractivity contribution in [2.24, 2.45) is 0 Å². The number of hydrogen-bond donors (Lipinski definition) is 0. The van der Waals surface area contributed by atoms with E-state index < -0.39 is 0 Å². The molecule has 2 aromatic rings. The molecule has 156 valence electrons. The van der Waals surface area contributed by atoms with Crippen molar-refractivity contribution in [2.45, 2.75) is 44.6 Å². The number of carbonyl (C=O) groups excluding carboxylic acids is 1. The number of aromatic nitrogens is 3. The van der Waals surface area contributed by atoms with Crippen LogP contribution >= 0.6 is 0 Å². The highest BCUT2D eigenvalue weighted by Gasteiger charge is 2.29. The van der Waals surface area contributed by atoms with Crippen molar-refractivity contribution in [1.82, 2.24) is 24.6 Å². The van der Waals surface area contributed by atoms with E-state index in [1.165, 1.54) is 5.56 Å². The second kappa shape index (κ2) is 8.95. The summed E-state index contributed by atoms with van der Waals surface area (Å²) in [4.78, 5) is 17.2. The molecule has 1 amide bonds. The van der Waals surface area contributed by atoms with Crippen LogP contribution in [0.15, 0.2) is 24.3 Å². The van der Waals surface area contributed by atoms with Gasteiger partial charge in [0.05, 0.1) is 7.11 Å². The summed E-state index contributed by atoms with van der Waals surface area (Å²) in [6.07, 6.45) is 4.36. The van der Waals surface area contributed by atoms with E-state index in [-0.39, 0.29) is 5.91 Å². The molecule has 1 fully saturated rings. The minimum Gasteiger partial charge on any atom is -0.497 e. The van der Waals surface area contributed by atoms with Crippen LogP contribution in [-0.2, 0) is 24.2 Å². The number of methoxy groups -OCH3 is 1. The summed E-state index contributed by atoms with van der Waals surface area (Å²) in [6, 6.07) is 7.97. The maximum absolute atomic E-state index is 12.8. The molecule has 0 unspecified atom stereocenters. The average Bonchev–Trinajstić information content (AvgIpc) is 3.08. The third-order valence-corrected chi connectivity index (χ3v) is 6.20. The number of likely N-dealkylation sites (N-methyl/N-ethyl adjacent to an activating group) is 1. The average molecular weight is 398 g/mol. The number of amides is 1. The highest BCUT2D eigenvalue weighted by atomic mass is 16.5. The van der Waals surface area contributed by atoms with E-state index in [1.54, 1.807) is 7.11 Å². The second-order valence-electron chi connectivity index (χ2n) is 8.21. The number of nitrogens with zero attached hydrogens (tertiary/aromatic N) is 5. The van der Waals surface area contributed by atoms with Gasteiger partial charge in [0.25, 0.3) is 0 Å². The van der Waals surface area contributed by atoms with Crippen LogP contribution in [0.2, 0.25) is 0 Å². The summed E-state index contributed by atoms with van der Waals surface area (Å²) in [5.74, 6) is 3.53. The molecule has 7 heteroatoms. The van der Waals surface area contributed by atoms with Crippen LogP contribution in [0.25, 0.3) is 0 Å². The molecule has 0 saturated carbocycles. The largest absolute Gasteiger partial charge is 0.497 e. The van der Waals surface area contributed by atoms with Crippen LogP contribution in [0, 0.1) is 0 Å². The molecule has 0 N–H and O–H groups in total. The first-order valence-corrected chi connectivity index (χ1v) is 10.7. The Hall–Kier alpha value is -2.41. The Bertz CT molecular complexity index is 832. The Kier molecular flexibility index (Phi) is 6.13. The Balaban J connectivity index is 1.37. The zero-order chi connectivity index (χ0) is 20.2. The first-order chi connectivity index (χ1) is 14.1. The van der Waals surface area contributed by atoms with E-state index in [2.05, 4.69) is 26.7 Å². The number of piperidine rings is 1. The van der Waals surface area contributed by atoms with Gasteiger partial charge in [-0.15, -0.1) is 10.2 Å². The van der Waals surface area contributed by atoms with Gasteiger partial charge < -0.3 is 19.1 Å². The van der Waals surface area contributed by atoms with Crippen LogP contribution < -0.4 is 4.74 Å². The van der Waals surface area contributed by atoms with Gasteiger partial charge in [0.1, 0.15) is 17.4 Å². The molecule has 1 aromatic heterocycles. The van der Waals surface area contributed by atoms with Crippen molar-refractivity contribution in [3.05, 3.63) is 41.5 Å². The lowest BCUT2D eigenvalue weighted by Gasteiger charge is -2.32. The number of fused-ring (bicyclic) bond motifs is 1. The lowest BCUT2D eigenvalue weighted by Crippen LogP contribution is -2.40. The van der Waals surface area contributed by atoms with Crippen molar-refractivity contribution in [3.8, 4) is 5.75 Å². The van der Waals surface area contributed by atoms with E-state index in [9.17, 15) is 4.79 Å². The first-order valence-electron chi connectivity index (χ1n) is 10.7. The Morgan fingerprint density at radius 2 is 1.97 bits per heavy atom. The number of ether oxygens (including phenoxy) is 1. The van der Waals surface area contributed by atoms with Crippen LogP contribution in [0.4, 0.5) is 0 Å². The normalized spacial score (nSPS) is 20.2. The fraction of sp³-hybridized carbons (Fsp3) is 0.591. The van der Waals surface area contributed by atoms with Crippen LogP contribution in [-0.4, -0.2) is 70.8 Å². The van der Waals surface area contributed by atoms with Gasteiger partial charge in [0.15, 0.2) is 0 Å². The Morgan fingerprint density at radius 1 is 1.14 bits per heavy atom. The fourth-order valence-corrected chi connectivity index (χ4v) is 4.37. The number of carbonyl (C=O) groups is 1. The van der Waals surface area contributed by atoms with Gasteiger partial charge in [-0.3, -0.25) is 4.79 Å². The molecule has 0 aliphatic carbocycles. The van der Waals surface area contributed by atoms with Gasteiger partial charge >= 0.3 is 0 Å². The molecular weight excluding hydrogens is 366 g/mol. The van der Waals surface area contributed by atoms with Crippen molar-refractivity contribution in [2.75, 3.05) is 40.3 Å². The van der Waals surface area contributed by atoms with E-state index in [0.29, 0.717) is 12.3 Å². The van der Waals surface area contributed by atoms with Crippen molar-refractivity contribution in [1.29, 1.82) is 0 Å². The number of likely N-dealkylation sites (tertiary alicyclic amines) is 1. The molecule has 2 aliphatic rings. The number of aryl methyl sites for hydroxylation is 1. The lowest BCUT2D eigenvalue weighted by molar-refractivity contribution is -0.132. The predicted octanol–water partition coefficient (Wildman–Crippen LogP) is 2.11. The third kappa shape index (κ3) is 4.61. The Morgan fingerprint density at radius 3 is 2.76 bits per heavy atom. The molecule has 7 nitrogen and oxygen atoms in total. The second-order valence-corrected chi connectivity index (χ2v) is 8.21. The summed E-state index contributed by atoms with van der Waals surface area (Å²) >= 11 is 0. The molecule has 2 aliphatic heterocycles. The smallest absolute Gasteiger partial charge is 0.222 e. The number of hydrogen-bond acceptors (Lipinski definition) is 5. The fourth-order valence-electron chi connectivity index (χ4n) is 4.37. The van der Waals surface area contributed by atoms with E-state index in [4.69, 9.17) is 4.74 Å². The SMILES string of the molecule is COc1ccc(CCC(=O)N2CCC[C@@H](c3nnc4n3CCN(C)CC4)C2)cc1. The summed E-state index contributed by atoms with van der Waals surface area (Å²) in [5, 5.41) is 9.00. The number of benzene rings is 1. The molecule has 0 radical (unpaired) electrons. The topological polar surface area (TPSA) is 63.5 Å². The lowest BCUT2D eigenvalue weighted by atomic mass is 9.96. The molecule has 0 bridgehead atoms. The van der Waals surface area contributed by atoms with Gasteiger partial charge in [-0.1, -0.05) is 12.1 Å². The Labute approximate surface area is 172 Å². The molecule has 1 saturated heterocycles. The highest BCUT2D eigenvalue weighted by molar-refractivity contribution is 5.76. The molecule has 1 atom stereocenters. The minimum absolute atomic E-state index is 0.237. The zero-order valence-electron chi connectivity index (χ0n) is 17.5. The van der Waals surface area contributed by atoms with Crippen LogP contribution in [0.5, 0.6) is 5.75 Å². The summed E-state index contributed by atoms with van der Waals surface area (Å²) < 4.78 is 7.50. The van der Waals surface area contributed by atoms with E-state index in [0.717, 1.165) is 75.8 Å². The van der Waals surface area contributed by atoms with Crippen molar-refractivity contribution < 1.29 is 9.53 Å². The van der Waals surface area contributed by atoms with Gasteiger partial charge in [0.2, 0.25) is 5.91 Å². The first kappa shape index (κ1) is 19.9. The van der Waals surface area contributed by atoms with Crippen molar-refractivity contribution >= 4 is 5.91 Å². The van der Waals surface area contributed by atoms with Gasteiger partial charge in [-0.05, 0) is 44.0 Å². The summed E-state index contributed by atoms with van der Waals surface area (Å²) in [6.45, 7) is 4.60. The van der Waals surface area contributed by atoms with Gasteiger partial charge in [-0.25, -0.2) is 0 Å². The molecule has 3 heterocycles. The third-order valence-electron chi connectivity index (χ3n) is 6.20. The quantitative estimate of drug-likeness (QED) is 0.773. The maximum Gasteiger partial charge on any atom is 0.222 e. The summed E-state index contributed by atoms with van der Waals surface area (Å²) in [5.41, 5.74) is 1.17. The zero-order valence-corrected chi connectivity index (χ0v) is 17.5. The van der Waals surface area contributed by atoms with E-state index in [1.807, 2.05) is 29.2 Å². The molecule has 29 heavy (non-hydrogen) atoms. The standard InChI is InChI=1S/C22H31N5O2/c1-25-13-11-20-23-24-22(27(20)15-14-25)18-4-3-12-26(16-18)21(28)10-7-17-5-8-19(29-2)9-6-17/h5-6,8-9,18H,3-4,7,10-16H2,1-2H3/t18-/m1/s1. The molecule has 4 rings (SSSR count). The molecule has 1 aromatic carbocycles. The van der Waals surface area contributed by atoms with Gasteiger partial charge in [0, 0.05) is 51.5 Å². The van der Waals surface area contributed by atoms with Crippen LogP contribution in [0.3, 0.4) is 0 Å². The van der Waals surface area contributed by atoms with Gasteiger partial charge in [-0.2, -0.15) is 0 Å². The number of rotatable bonds is 5. The molecular formula is C22H31N5O2. The monoisotopic (exact) mass is 397 g/mol. The predicted molar refractivity (Wildman–Crippen MR) is 111 cm³/mol. The van der Waals surface area contributed by atoms with Crippen molar-refractivity contribution in [3.63, 3.8) is 0 Å². The van der Waals surface area contributed by atoms with E-state index >= 15 is 0 Å². The molecule has 0 spiro atoms. The highest BCUT2D eigenvalue weighted by Crippen LogP contribution is 2.27. The maximum atomic E-state index is 12.8. The summed E-state index contributed by atoms with van der Waals surface area (Å²) in [7, 11) is 3.82.